The number of carbonyl (C=O) groups is 1. The van der Waals surface area contributed by atoms with Crippen LogP contribution in [0.3, 0.4) is 0 Å². The van der Waals surface area contributed by atoms with E-state index in [1.54, 1.807) is 7.11 Å². The van der Waals surface area contributed by atoms with Crippen LogP contribution >= 0.6 is 15.9 Å². The van der Waals surface area contributed by atoms with E-state index in [2.05, 4.69) is 32.6 Å². The van der Waals surface area contributed by atoms with Gasteiger partial charge in [0.25, 0.3) is 0 Å². The lowest BCUT2D eigenvalue weighted by Crippen LogP contribution is -2.41. The number of alkyl halides is 1. The van der Waals surface area contributed by atoms with Crippen LogP contribution in [0.2, 0.25) is 0 Å². The van der Waals surface area contributed by atoms with Gasteiger partial charge in [0.2, 0.25) is 0 Å². The molecule has 0 fully saturated rings. The molecular formula is C25H30BrN3O4. The highest BCUT2D eigenvalue weighted by Gasteiger charge is 2.42. The average Bonchev–Trinajstić information content (AvgIpc) is 3.13. The van der Waals surface area contributed by atoms with E-state index < -0.39 is 12.2 Å². The molecule has 176 valence electrons. The van der Waals surface area contributed by atoms with E-state index in [1.807, 2.05) is 49.5 Å². The second-order valence-electron chi connectivity index (χ2n) is 8.19. The quantitative estimate of drug-likeness (QED) is 0.248. The van der Waals surface area contributed by atoms with Crippen molar-refractivity contribution in [2.75, 3.05) is 31.0 Å². The highest BCUT2D eigenvalue weighted by Crippen LogP contribution is 2.44. The molecule has 0 radical (unpaired) electrons. The number of methoxy groups -OCH3 is 1. The zero-order valence-electron chi connectivity index (χ0n) is 19.2. The van der Waals surface area contributed by atoms with Crippen molar-refractivity contribution in [2.45, 2.75) is 44.9 Å². The first kappa shape index (κ1) is 23.7. The summed E-state index contributed by atoms with van der Waals surface area (Å²) in [5.74, 6) is -0.237. The number of halogens is 1. The molecule has 33 heavy (non-hydrogen) atoms. The molecule has 7 nitrogen and oxygen atoms in total. The van der Waals surface area contributed by atoms with Crippen LogP contribution in [0.5, 0.6) is 0 Å². The Morgan fingerprint density at radius 3 is 2.70 bits per heavy atom. The summed E-state index contributed by atoms with van der Waals surface area (Å²) in [6, 6.07) is 11.8. The standard InChI is InChI=1S/C25H30BrN3O4/c1-16-17(2)29-13-11-19-22(25(29)27-16)28-21(18-8-5-4-6-9-18)24(23(19)32-15-14-31-3)33-20(30)10-7-12-26/h4-6,8-9,11,13,21,23-24,28H,7,10,12,14-15H2,1-3H3. The summed E-state index contributed by atoms with van der Waals surface area (Å²) in [7, 11) is 1.64. The fourth-order valence-electron chi connectivity index (χ4n) is 4.26. The highest BCUT2D eigenvalue weighted by atomic mass is 79.9. The number of nitrogens with one attached hydrogen (secondary N) is 1. The molecule has 0 saturated heterocycles. The predicted molar refractivity (Wildman–Crippen MR) is 131 cm³/mol. The van der Waals surface area contributed by atoms with E-state index >= 15 is 0 Å². The fraction of sp³-hybridized carbons (Fsp3) is 0.440. The monoisotopic (exact) mass is 515 g/mol. The number of aryl methyl sites for hydroxylation is 2. The summed E-state index contributed by atoms with van der Waals surface area (Å²) >= 11 is 3.39. The number of anilines is 1. The molecule has 3 atom stereocenters. The van der Waals surface area contributed by atoms with E-state index in [0.29, 0.717) is 26.1 Å². The van der Waals surface area contributed by atoms with Gasteiger partial charge < -0.3 is 23.9 Å². The Balaban J connectivity index is 1.81. The van der Waals surface area contributed by atoms with Crippen LogP contribution in [-0.2, 0) is 19.0 Å². The third-order valence-electron chi connectivity index (χ3n) is 6.06. The number of fused-ring (bicyclic) bond motifs is 3. The Morgan fingerprint density at radius 2 is 1.97 bits per heavy atom. The Labute approximate surface area is 202 Å². The molecule has 3 unspecified atom stereocenters. The number of nitrogens with zero attached hydrogens (tertiary/aromatic N) is 2. The molecule has 4 rings (SSSR count). The summed E-state index contributed by atoms with van der Waals surface area (Å²) < 4.78 is 19.7. The van der Waals surface area contributed by atoms with Gasteiger partial charge >= 0.3 is 5.97 Å². The summed E-state index contributed by atoms with van der Waals surface area (Å²) in [5, 5.41) is 4.40. The maximum absolute atomic E-state index is 12.7. The molecule has 0 bridgehead atoms. The van der Waals surface area contributed by atoms with E-state index in [4.69, 9.17) is 19.2 Å². The summed E-state index contributed by atoms with van der Waals surface area (Å²) in [6.07, 6.45) is 2.06. The van der Waals surface area contributed by atoms with Crippen molar-refractivity contribution in [1.29, 1.82) is 0 Å². The first-order valence-electron chi connectivity index (χ1n) is 11.2. The van der Waals surface area contributed by atoms with Gasteiger partial charge in [-0.2, -0.15) is 0 Å². The van der Waals surface area contributed by atoms with Gasteiger partial charge in [-0.15, -0.1) is 0 Å². The maximum atomic E-state index is 12.7. The van der Waals surface area contributed by atoms with Crippen LogP contribution in [0, 0.1) is 13.8 Å². The van der Waals surface area contributed by atoms with Gasteiger partial charge in [0.05, 0.1) is 30.6 Å². The molecular weight excluding hydrogens is 486 g/mol. The summed E-state index contributed by atoms with van der Waals surface area (Å²) in [6.45, 7) is 4.89. The molecule has 1 aromatic carbocycles. The van der Waals surface area contributed by atoms with Gasteiger partial charge in [-0.1, -0.05) is 46.3 Å². The molecule has 1 aliphatic rings. The first-order valence-corrected chi connectivity index (χ1v) is 12.3. The van der Waals surface area contributed by atoms with Crippen molar-refractivity contribution in [2.24, 2.45) is 0 Å². The number of pyridine rings is 1. The first-order chi connectivity index (χ1) is 16.0. The normalized spacial score (nSPS) is 19.8. The Bertz CT molecular complexity index is 1100. The number of aromatic nitrogens is 2. The minimum absolute atomic E-state index is 0.237. The number of hydrogen-bond donors (Lipinski definition) is 1. The van der Waals surface area contributed by atoms with E-state index in [1.165, 1.54) is 0 Å². The maximum Gasteiger partial charge on any atom is 0.306 e. The number of carbonyl (C=O) groups excluding carboxylic acids is 1. The zero-order chi connectivity index (χ0) is 23.4. The van der Waals surface area contributed by atoms with Crippen molar-refractivity contribution in [3.8, 4) is 0 Å². The van der Waals surface area contributed by atoms with Gasteiger partial charge in [0.1, 0.15) is 6.10 Å². The van der Waals surface area contributed by atoms with Crippen molar-refractivity contribution in [1.82, 2.24) is 9.38 Å². The van der Waals surface area contributed by atoms with Crippen LogP contribution in [0.25, 0.3) is 5.65 Å². The van der Waals surface area contributed by atoms with Crippen molar-refractivity contribution < 1.29 is 19.0 Å². The summed E-state index contributed by atoms with van der Waals surface area (Å²) in [5.41, 5.74) is 5.75. The fourth-order valence-corrected chi connectivity index (χ4v) is 4.54. The number of rotatable bonds is 9. The largest absolute Gasteiger partial charge is 0.457 e. The molecule has 1 N–H and O–H groups in total. The SMILES string of the molecule is COCCOC1c2ccn3c(C)c(C)nc3c2NC(c2ccccc2)C1OC(=O)CCCBr. The minimum atomic E-state index is -0.542. The van der Waals surface area contributed by atoms with Gasteiger partial charge in [0, 0.05) is 36.3 Å². The van der Waals surface area contributed by atoms with Gasteiger partial charge in [-0.3, -0.25) is 4.79 Å². The van der Waals surface area contributed by atoms with Crippen LogP contribution in [0.4, 0.5) is 5.69 Å². The van der Waals surface area contributed by atoms with E-state index in [-0.39, 0.29) is 12.0 Å². The molecule has 3 heterocycles. The van der Waals surface area contributed by atoms with Gasteiger partial charge in [-0.25, -0.2) is 4.98 Å². The molecule has 3 aromatic rings. The van der Waals surface area contributed by atoms with E-state index in [9.17, 15) is 4.79 Å². The minimum Gasteiger partial charge on any atom is -0.457 e. The zero-order valence-corrected chi connectivity index (χ0v) is 20.8. The topological polar surface area (TPSA) is 74.1 Å². The predicted octanol–water partition coefficient (Wildman–Crippen LogP) is 4.91. The smallest absolute Gasteiger partial charge is 0.306 e. The number of benzene rings is 1. The average molecular weight is 516 g/mol. The van der Waals surface area contributed by atoms with Gasteiger partial charge in [0.15, 0.2) is 11.8 Å². The lowest BCUT2D eigenvalue weighted by atomic mass is 9.88. The summed E-state index contributed by atoms with van der Waals surface area (Å²) in [4.78, 5) is 17.5. The Hall–Kier alpha value is -2.42. The van der Waals surface area contributed by atoms with Crippen molar-refractivity contribution in [3.05, 3.63) is 65.1 Å². The third-order valence-corrected chi connectivity index (χ3v) is 6.62. The van der Waals surface area contributed by atoms with E-state index in [0.717, 1.165) is 39.2 Å². The highest BCUT2D eigenvalue weighted by molar-refractivity contribution is 9.09. The second kappa shape index (κ2) is 10.7. The molecule has 8 heteroatoms. The van der Waals surface area contributed by atoms with Crippen molar-refractivity contribution >= 4 is 33.2 Å². The Morgan fingerprint density at radius 1 is 1.18 bits per heavy atom. The lowest BCUT2D eigenvalue weighted by Gasteiger charge is -2.40. The number of imidazole rings is 1. The molecule has 2 aromatic heterocycles. The number of esters is 1. The third kappa shape index (κ3) is 4.93. The molecule has 0 amide bonds. The van der Waals surface area contributed by atoms with Crippen LogP contribution in [0.1, 0.15) is 47.5 Å². The molecule has 0 aliphatic carbocycles. The molecule has 1 aliphatic heterocycles. The van der Waals surface area contributed by atoms with Crippen LogP contribution < -0.4 is 5.32 Å². The number of hydrogen-bond acceptors (Lipinski definition) is 6. The molecule has 0 spiro atoms. The van der Waals surface area contributed by atoms with Crippen LogP contribution in [0.15, 0.2) is 42.6 Å². The van der Waals surface area contributed by atoms with Gasteiger partial charge in [-0.05, 0) is 31.9 Å². The van der Waals surface area contributed by atoms with Crippen LogP contribution in [-0.4, -0.2) is 47.1 Å². The number of ether oxygens (including phenoxy) is 3. The second-order valence-corrected chi connectivity index (χ2v) is 8.98. The molecule has 0 saturated carbocycles. The van der Waals surface area contributed by atoms with Crippen molar-refractivity contribution in [3.63, 3.8) is 0 Å². The lowest BCUT2D eigenvalue weighted by molar-refractivity contribution is -0.161. The Kier molecular flexibility index (Phi) is 7.67.